The molecular formula is C16H26N2O. The Balaban J connectivity index is 1.76. The van der Waals surface area contributed by atoms with Crippen LogP contribution in [0.3, 0.4) is 0 Å². The Kier molecular flexibility index (Phi) is 4.83. The van der Waals surface area contributed by atoms with Crippen molar-refractivity contribution in [3.63, 3.8) is 0 Å². The van der Waals surface area contributed by atoms with Gasteiger partial charge >= 0.3 is 0 Å². The molecule has 0 bridgehead atoms. The molecule has 1 saturated heterocycles. The van der Waals surface area contributed by atoms with Gasteiger partial charge in [0.15, 0.2) is 0 Å². The third-order valence-corrected chi connectivity index (χ3v) is 3.83. The van der Waals surface area contributed by atoms with E-state index in [1.807, 2.05) is 6.07 Å². The lowest BCUT2D eigenvalue weighted by molar-refractivity contribution is 0.249. The first-order valence-corrected chi connectivity index (χ1v) is 7.20. The van der Waals surface area contributed by atoms with E-state index in [-0.39, 0.29) is 5.54 Å². The van der Waals surface area contributed by atoms with E-state index in [9.17, 15) is 0 Å². The fourth-order valence-corrected chi connectivity index (χ4v) is 2.80. The van der Waals surface area contributed by atoms with Crippen LogP contribution in [0.1, 0.15) is 32.3 Å². The predicted octanol–water partition coefficient (Wildman–Crippen LogP) is 2.36. The van der Waals surface area contributed by atoms with Crippen molar-refractivity contribution in [2.24, 2.45) is 0 Å². The second kappa shape index (κ2) is 6.40. The largest absolute Gasteiger partial charge is 0.497 e. The molecule has 19 heavy (non-hydrogen) atoms. The van der Waals surface area contributed by atoms with E-state index < -0.39 is 0 Å². The molecule has 3 heteroatoms. The van der Waals surface area contributed by atoms with Crippen molar-refractivity contribution in [3.8, 4) is 5.75 Å². The van der Waals surface area contributed by atoms with Gasteiger partial charge in [-0.25, -0.2) is 0 Å². The molecule has 0 amide bonds. The zero-order valence-corrected chi connectivity index (χ0v) is 12.3. The van der Waals surface area contributed by atoms with E-state index in [0.717, 1.165) is 25.3 Å². The molecule has 1 aromatic rings. The normalized spacial score (nSPS) is 22.2. The molecule has 1 aliphatic heterocycles. The van der Waals surface area contributed by atoms with Crippen molar-refractivity contribution >= 4 is 0 Å². The Morgan fingerprint density at radius 2 is 2.26 bits per heavy atom. The number of rotatable bonds is 5. The van der Waals surface area contributed by atoms with E-state index >= 15 is 0 Å². The molecule has 1 fully saturated rings. The highest BCUT2D eigenvalue weighted by molar-refractivity contribution is 5.28. The smallest absolute Gasteiger partial charge is 0.119 e. The highest BCUT2D eigenvalue weighted by Gasteiger charge is 2.26. The van der Waals surface area contributed by atoms with Crippen LogP contribution in [-0.4, -0.2) is 31.8 Å². The summed E-state index contributed by atoms with van der Waals surface area (Å²) in [5.74, 6) is 0.945. The van der Waals surface area contributed by atoms with E-state index in [2.05, 4.69) is 42.7 Å². The van der Waals surface area contributed by atoms with Gasteiger partial charge in [0, 0.05) is 11.6 Å². The van der Waals surface area contributed by atoms with Crippen molar-refractivity contribution in [2.45, 2.75) is 44.7 Å². The maximum atomic E-state index is 5.25. The van der Waals surface area contributed by atoms with Gasteiger partial charge in [0.05, 0.1) is 7.11 Å². The summed E-state index contributed by atoms with van der Waals surface area (Å²) in [6.07, 6.45) is 3.48. The summed E-state index contributed by atoms with van der Waals surface area (Å²) in [5.41, 5.74) is 1.60. The summed E-state index contributed by atoms with van der Waals surface area (Å²) in [7, 11) is 1.72. The first-order chi connectivity index (χ1) is 9.09. The van der Waals surface area contributed by atoms with Crippen LogP contribution in [0.5, 0.6) is 5.75 Å². The summed E-state index contributed by atoms with van der Waals surface area (Å²) >= 11 is 0. The average Bonchev–Trinajstić information content (AvgIpc) is 2.38. The number of piperidine rings is 1. The molecule has 106 valence electrons. The topological polar surface area (TPSA) is 33.3 Å². The SMILES string of the molecule is COc1cccc(CCNC2CCNC(C)(C)C2)c1. The lowest BCUT2D eigenvalue weighted by Gasteiger charge is -2.37. The first-order valence-electron chi connectivity index (χ1n) is 7.20. The molecule has 2 rings (SSSR count). The average molecular weight is 262 g/mol. The number of benzene rings is 1. The van der Waals surface area contributed by atoms with Gasteiger partial charge in [-0.15, -0.1) is 0 Å². The van der Waals surface area contributed by atoms with Crippen molar-refractivity contribution in [1.29, 1.82) is 0 Å². The van der Waals surface area contributed by atoms with E-state index in [1.165, 1.54) is 18.4 Å². The highest BCUT2D eigenvalue weighted by atomic mass is 16.5. The molecule has 1 aliphatic rings. The Morgan fingerprint density at radius 1 is 1.42 bits per heavy atom. The van der Waals surface area contributed by atoms with Crippen molar-refractivity contribution in [3.05, 3.63) is 29.8 Å². The monoisotopic (exact) mass is 262 g/mol. The molecule has 0 aliphatic carbocycles. The van der Waals surface area contributed by atoms with Crippen LogP contribution in [0.4, 0.5) is 0 Å². The van der Waals surface area contributed by atoms with Crippen LogP contribution >= 0.6 is 0 Å². The van der Waals surface area contributed by atoms with E-state index in [4.69, 9.17) is 4.74 Å². The molecule has 2 N–H and O–H groups in total. The second-order valence-corrected chi connectivity index (χ2v) is 6.06. The lowest BCUT2D eigenvalue weighted by atomic mass is 9.89. The predicted molar refractivity (Wildman–Crippen MR) is 79.8 cm³/mol. The van der Waals surface area contributed by atoms with Gasteiger partial charge in [-0.3, -0.25) is 0 Å². The Labute approximate surface area is 116 Å². The highest BCUT2D eigenvalue weighted by Crippen LogP contribution is 2.18. The molecule has 1 aromatic carbocycles. The Bertz CT molecular complexity index is 403. The summed E-state index contributed by atoms with van der Waals surface area (Å²) in [5, 5.41) is 7.24. The van der Waals surface area contributed by atoms with Crippen LogP contribution < -0.4 is 15.4 Å². The summed E-state index contributed by atoms with van der Waals surface area (Å²) < 4.78 is 5.25. The molecule has 3 nitrogen and oxygen atoms in total. The Morgan fingerprint density at radius 3 is 3.00 bits per heavy atom. The van der Waals surface area contributed by atoms with Crippen LogP contribution in [0.25, 0.3) is 0 Å². The number of hydrogen-bond donors (Lipinski definition) is 2. The standard InChI is InChI=1S/C16H26N2O/c1-16(2)12-14(8-10-18-16)17-9-7-13-5-4-6-15(11-13)19-3/h4-6,11,14,17-18H,7-10,12H2,1-3H3. The lowest BCUT2D eigenvalue weighted by Crippen LogP contribution is -2.52. The van der Waals surface area contributed by atoms with E-state index in [0.29, 0.717) is 6.04 Å². The number of methoxy groups -OCH3 is 1. The van der Waals surface area contributed by atoms with Crippen molar-refractivity contribution in [2.75, 3.05) is 20.2 Å². The number of nitrogens with one attached hydrogen (secondary N) is 2. The van der Waals surface area contributed by atoms with Gasteiger partial charge in [-0.1, -0.05) is 12.1 Å². The third-order valence-electron chi connectivity index (χ3n) is 3.83. The molecule has 1 atom stereocenters. The first kappa shape index (κ1) is 14.4. The van der Waals surface area contributed by atoms with Crippen LogP contribution in [0.2, 0.25) is 0 Å². The van der Waals surface area contributed by atoms with Gasteiger partial charge in [0.2, 0.25) is 0 Å². The second-order valence-electron chi connectivity index (χ2n) is 6.06. The van der Waals surface area contributed by atoms with Gasteiger partial charge in [0.1, 0.15) is 5.75 Å². The van der Waals surface area contributed by atoms with Crippen LogP contribution in [-0.2, 0) is 6.42 Å². The molecular weight excluding hydrogens is 236 g/mol. The number of ether oxygens (including phenoxy) is 1. The summed E-state index contributed by atoms with van der Waals surface area (Å²) in [4.78, 5) is 0. The van der Waals surface area contributed by atoms with Gasteiger partial charge in [-0.2, -0.15) is 0 Å². The quantitative estimate of drug-likeness (QED) is 0.854. The Hall–Kier alpha value is -1.06. The zero-order chi connectivity index (χ0) is 13.7. The summed E-state index contributed by atoms with van der Waals surface area (Å²) in [6, 6.07) is 8.97. The fourth-order valence-electron chi connectivity index (χ4n) is 2.80. The van der Waals surface area contributed by atoms with Crippen LogP contribution in [0.15, 0.2) is 24.3 Å². The number of hydrogen-bond acceptors (Lipinski definition) is 3. The molecule has 0 radical (unpaired) electrons. The molecule has 0 spiro atoms. The van der Waals surface area contributed by atoms with E-state index in [1.54, 1.807) is 7.11 Å². The minimum absolute atomic E-state index is 0.270. The van der Waals surface area contributed by atoms with Crippen molar-refractivity contribution < 1.29 is 4.74 Å². The molecule has 0 aromatic heterocycles. The maximum absolute atomic E-state index is 5.25. The van der Waals surface area contributed by atoms with Gasteiger partial charge in [0.25, 0.3) is 0 Å². The third kappa shape index (κ3) is 4.51. The molecule has 1 unspecified atom stereocenters. The van der Waals surface area contributed by atoms with Crippen LogP contribution in [0, 0.1) is 0 Å². The van der Waals surface area contributed by atoms with Crippen molar-refractivity contribution in [1.82, 2.24) is 10.6 Å². The fraction of sp³-hybridized carbons (Fsp3) is 0.625. The van der Waals surface area contributed by atoms with Gasteiger partial charge in [-0.05, 0) is 63.9 Å². The minimum atomic E-state index is 0.270. The maximum Gasteiger partial charge on any atom is 0.119 e. The zero-order valence-electron chi connectivity index (χ0n) is 12.3. The summed E-state index contributed by atoms with van der Waals surface area (Å²) in [6.45, 7) is 6.71. The minimum Gasteiger partial charge on any atom is -0.497 e. The molecule has 1 heterocycles. The molecule has 0 saturated carbocycles. The van der Waals surface area contributed by atoms with Gasteiger partial charge < -0.3 is 15.4 Å².